The highest BCUT2D eigenvalue weighted by atomic mass is 35.5. The Labute approximate surface area is 202 Å². The van der Waals surface area contributed by atoms with Crippen molar-refractivity contribution in [2.24, 2.45) is 0 Å². The van der Waals surface area contributed by atoms with Crippen LogP contribution in [0.4, 0.5) is 5.69 Å². The van der Waals surface area contributed by atoms with Crippen molar-refractivity contribution in [2.75, 3.05) is 19.0 Å². The summed E-state index contributed by atoms with van der Waals surface area (Å²) in [4.78, 5) is 37.0. The number of carbonyl (C=O) groups excluding carboxylic acids is 2. The summed E-state index contributed by atoms with van der Waals surface area (Å²) in [5.41, 5.74) is 3.89. The summed E-state index contributed by atoms with van der Waals surface area (Å²) in [6.45, 7) is 2.67. The van der Waals surface area contributed by atoms with Gasteiger partial charge in [-0.1, -0.05) is 23.7 Å². The van der Waals surface area contributed by atoms with Gasteiger partial charge in [-0.25, -0.2) is 0 Å². The van der Waals surface area contributed by atoms with Crippen LogP contribution in [-0.4, -0.2) is 41.9 Å². The van der Waals surface area contributed by atoms with Gasteiger partial charge in [0.15, 0.2) is 0 Å². The van der Waals surface area contributed by atoms with Crippen molar-refractivity contribution in [1.29, 1.82) is 0 Å². The van der Waals surface area contributed by atoms with Crippen LogP contribution in [0, 0.1) is 0 Å². The number of carboxylic acids is 1. The first-order chi connectivity index (χ1) is 16.3. The number of halogens is 1. The monoisotopic (exact) mass is 480 g/mol. The quantitative estimate of drug-likeness (QED) is 0.403. The number of hydrogen-bond donors (Lipinski definition) is 2. The number of methoxy groups -OCH3 is 1. The van der Waals surface area contributed by atoms with Crippen LogP contribution in [0.25, 0.3) is 11.1 Å². The highest BCUT2D eigenvalue weighted by Gasteiger charge is 2.16. The third kappa shape index (κ3) is 6.14. The molecule has 2 N–H and O–H groups in total. The van der Waals surface area contributed by atoms with Crippen LogP contribution in [-0.2, 0) is 22.6 Å². The average Bonchev–Trinajstić information content (AvgIpc) is 2.82. The number of hydrogen-bond acceptors (Lipinski definition) is 4. The predicted octanol–water partition coefficient (Wildman–Crippen LogP) is 4.87. The molecule has 7 nitrogen and oxygen atoms in total. The lowest BCUT2D eigenvalue weighted by Crippen LogP contribution is -2.21. The van der Waals surface area contributed by atoms with E-state index in [1.54, 1.807) is 66.6 Å². The van der Waals surface area contributed by atoms with Gasteiger partial charge in [0.25, 0.3) is 5.91 Å². The van der Waals surface area contributed by atoms with E-state index in [0.29, 0.717) is 46.2 Å². The van der Waals surface area contributed by atoms with E-state index in [1.807, 2.05) is 13.0 Å². The summed E-state index contributed by atoms with van der Waals surface area (Å²) in [5, 5.41) is 12.6. The number of benzene rings is 3. The molecule has 0 aliphatic rings. The van der Waals surface area contributed by atoms with Crippen LogP contribution in [0.2, 0.25) is 5.02 Å². The summed E-state index contributed by atoms with van der Waals surface area (Å²) < 4.78 is 5.52. The van der Waals surface area contributed by atoms with Crippen molar-refractivity contribution < 1.29 is 24.2 Å². The molecule has 3 aromatic carbocycles. The molecule has 0 bridgehead atoms. The number of ether oxygens (including phenoxy) is 1. The van der Waals surface area contributed by atoms with E-state index in [9.17, 15) is 19.5 Å². The first kappa shape index (κ1) is 24.8. The lowest BCUT2D eigenvalue weighted by Gasteiger charge is -2.20. The SMILES string of the molecule is CCN(C=O)Cc1cc(NC(=O)c2ccc(Cl)cc2)ccc1-c1cc(CC(=O)O)ccc1OC. The second-order valence-corrected chi connectivity index (χ2v) is 8.04. The van der Waals surface area contributed by atoms with Crippen LogP contribution in [0.5, 0.6) is 5.75 Å². The van der Waals surface area contributed by atoms with Crippen LogP contribution in [0.15, 0.2) is 60.7 Å². The third-order valence-electron chi connectivity index (χ3n) is 5.31. The Morgan fingerprint density at radius 1 is 1.06 bits per heavy atom. The Morgan fingerprint density at radius 2 is 1.79 bits per heavy atom. The molecule has 0 aromatic heterocycles. The lowest BCUT2D eigenvalue weighted by molar-refractivity contribution is -0.136. The number of aliphatic carboxylic acids is 1. The van der Waals surface area contributed by atoms with Crippen LogP contribution < -0.4 is 10.1 Å². The number of carboxylic acid groups (broad SMARTS) is 1. The lowest BCUT2D eigenvalue weighted by atomic mass is 9.95. The fourth-order valence-corrected chi connectivity index (χ4v) is 3.69. The topological polar surface area (TPSA) is 95.9 Å². The number of anilines is 1. The number of rotatable bonds is 10. The highest BCUT2D eigenvalue weighted by Crippen LogP contribution is 2.35. The van der Waals surface area contributed by atoms with Crippen molar-refractivity contribution in [3.63, 3.8) is 0 Å². The normalized spacial score (nSPS) is 10.4. The second kappa shape index (κ2) is 11.3. The zero-order valence-corrected chi connectivity index (χ0v) is 19.6. The molecule has 0 fully saturated rings. The zero-order chi connectivity index (χ0) is 24.7. The zero-order valence-electron chi connectivity index (χ0n) is 18.9. The van der Waals surface area contributed by atoms with Gasteiger partial charge in [-0.05, 0) is 72.1 Å². The van der Waals surface area contributed by atoms with E-state index < -0.39 is 5.97 Å². The molecule has 2 amide bonds. The number of nitrogens with one attached hydrogen (secondary N) is 1. The Bertz CT molecular complexity index is 1190. The number of amides is 2. The van der Waals surface area contributed by atoms with Crippen molar-refractivity contribution in [2.45, 2.75) is 19.9 Å². The van der Waals surface area contributed by atoms with Crippen molar-refractivity contribution >= 4 is 35.6 Å². The molecule has 0 saturated heterocycles. The molecule has 0 aliphatic carbocycles. The first-order valence-electron chi connectivity index (χ1n) is 10.6. The van der Waals surface area contributed by atoms with E-state index in [1.165, 1.54) is 0 Å². The van der Waals surface area contributed by atoms with E-state index in [2.05, 4.69) is 5.32 Å². The fourth-order valence-electron chi connectivity index (χ4n) is 3.56. The molecule has 8 heteroatoms. The minimum absolute atomic E-state index is 0.128. The summed E-state index contributed by atoms with van der Waals surface area (Å²) in [6, 6.07) is 17.2. The van der Waals surface area contributed by atoms with Crippen LogP contribution >= 0.6 is 11.6 Å². The van der Waals surface area contributed by atoms with Crippen molar-refractivity contribution in [1.82, 2.24) is 4.90 Å². The van der Waals surface area contributed by atoms with Crippen molar-refractivity contribution in [3.05, 3.63) is 82.4 Å². The Kier molecular flexibility index (Phi) is 8.27. The molecule has 0 saturated carbocycles. The van der Waals surface area contributed by atoms with Gasteiger partial charge in [0, 0.05) is 34.9 Å². The van der Waals surface area contributed by atoms with E-state index >= 15 is 0 Å². The molecular formula is C26H25ClN2O5. The standard InChI is InChI=1S/C26H25ClN2O5/c1-3-29(16-30)15-19-14-21(28-26(33)18-5-7-20(27)8-6-18)9-10-22(19)23-12-17(13-25(31)32)4-11-24(23)34-2/h4-12,14,16H,3,13,15H2,1-2H3,(H,28,33)(H,31,32). The van der Waals surface area contributed by atoms with Gasteiger partial charge in [-0.15, -0.1) is 0 Å². The smallest absolute Gasteiger partial charge is 0.307 e. The average molecular weight is 481 g/mol. The van der Waals surface area contributed by atoms with Crippen LogP contribution in [0.1, 0.15) is 28.4 Å². The third-order valence-corrected chi connectivity index (χ3v) is 5.56. The minimum Gasteiger partial charge on any atom is -0.496 e. The van der Waals surface area contributed by atoms with Crippen molar-refractivity contribution in [3.8, 4) is 16.9 Å². The van der Waals surface area contributed by atoms with Gasteiger partial charge >= 0.3 is 5.97 Å². The number of nitrogens with zero attached hydrogens (tertiary/aromatic N) is 1. The second-order valence-electron chi connectivity index (χ2n) is 7.61. The summed E-state index contributed by atoms with van der Waals surface area (Å²) in [6.07, 6.45) is 0.637. The van der Waals surface area contributed by atoms with Gasteiger partial charge in [-0.3, -0.25) is 14.4 Å². The minimum atomic E-state index is -0.935. The van der Waals surface area contributed by atoms with E-state index in [4.69, 9.17) is 16.3 Å². The molecule has 0 radical (unpaired) electrons. The van der Waals surface area contributed by atoms with Gasteiger partial charge in [0.2, 0.25) is 6.41 Å². The van der Waals surface area contributed by atoms with Crippen LogP contribution in [0.3, 0.4) is 0 Å². The van der Waals surface area contributed by atoms with Gasteiger partial charge in [0.1, 0.15) is 5.75 Å². The molecule has 34 heavy (non-hydrogen) atoms. The van der Waals surface area contributed by atoms with E-state index in [-0.39, 0.29) is 12.3 Å². The maximum absolute atomic E-state index is 12.7. The highest BCUT2D eigenvalue weighted by molar-refractivity contribution is 6.30. The fraction of sp³-hybridized carbons (Fsp3) is 0.192. The largest absolute Gasteiger partial charge is 0.496 e. The summed E-state index contributed by atoms with van der Waals surface area (Å²) >= 11 is 5.90. The summed E-state index contributed by atoms with van der Waals surface area (Å²) in [5.74, 6) is -0.656. The maximum atomic E-state index is 12.7. The molecule has 0 heterocycles. The van der Waals surface area contributed by atoms with Gasteiger partial charge in [-0.2, -0.15) is 0 Å². The molecular weight excluding hydrogens is 456 g/mol. The molecule has 3 aromatic rings. The summed E-state index contributed by atoms with van der Waals surface area (Å²) in [7, 11) is 1.54. The maximum Gasteiger partial charge on any atom is 0.307 e. The predicted molar refractivity (Wildman–Crippen MR) is 131 cm³/mol. The van der Waals surface area contributed by atoms with Gasteiger partial charge < -0.3 is 20.1 Å². The Morgan fingerprint density at radius 3 is 2.41 bits per heavy atom. The molecule has 0 unspecified atom stereocenters. The van der Waals surface area contributed by atoms with E-state index in [0.717, 1.165) is 17.5 Å². The van der Waals surface area contributed by atoms with Gasteiger partial charge in [0.05, 0.1) is 13.5 Å². The Balaban J connectivity index is 2.03. The molecule has 0 spiro atoms. The number of carbonyl (C=O) groups is 3. The molecule has 3 rings (SSSR count). The molecule has 176 valence electrons. The molecule has 0 aliphatic heterocycles. The first-order valence-corrected chi connectivity index (χ1v) is 11.0. The Hall–Kier alpha value is -3.84. The molecule has 0 atom stereocenters.